The smallest absolute Gasteiger partial charge is 0.322 e. The fourth-order valence-electron chi connectivity index (χ4n) is 4.49. The van der Waals surface area contributed by atoms with Gasteiger partial charge in [-0.3, -0.25) is 9.69 Å². The molecule has 0 spiro atoms. The highest BCUT2D eigenvalue weighted by Gasteiger charge is 2.43. The highest BCUT2D eigenvalue weighted by molar-refractivity contribution is 6.01. The number of amides is 3. The van der Waals surface area contributed by atoms with Gasteiger partial charge in [0.25, 0.3) is 5.91 Å². The third kappa shape index (κ3) is 3.88. The Hall–Kier alpha value is -3.34. The van der Waals surface area contributed by atoms with Crippen LogP contribution in [0.4, 0.5) is 4.79 Å². The zero-order valence-corrected chi connectivity index (χ0v) is 18.4. The molecular formula is C26H29N3O2. The number of carbonyl (C=O) groups excluding carboxylic acids is 2. The molecule has 2 aliphatic heterocycles. The third-order valence-electron chi connectivity index (χ3n) is 6.31. The van der Waals surface area contributed by atoms with E-state index in [1.54, 1.807) is 11.0 Å². The van der Waals surface area contributed by atoms with E-state index in [1.165, 1.54) is 11.1 Å². The van der Waals surface area contributed by atoms with Gasteiger partial charge in [0.1, 0.15) is 0 Å². The summed E-state index contributed by atoms with van der Waals surface area (Å²) >= 11 is 0. The Kier molecular flexibility index (Phi) is 5.68. The highest BCUT2D eigenvalue weighted by atomic mass is 16.2. The van der Waals surface area contributed by atoms with E-state index in [0.29, 0.717) is 25.2 Å². The Morgan fingerprint density at radius 1 is 1.06 bits per heavy atom. The number of aryl methyl sites for hydroxylation is 3. The molecule has 2 aliphatic rings. The summed E-state index contributed by atoms with van der Waals surface area (Å²) in [6, 6.07) is 13.8. The molecule has 1 unspecified atom stereocenters. The lowest BCUT2D eigenvalue weighted by Gasteiger charge is -2.33. The normalized spacial score (nSPS) is 18.4. The van der Waals surface area contributed by atoms with Gasteiger partial charge < -0.3 is 10.2 Å². The summed E-state index contributed by atoms with van der Waals surface area (Å²) < 4.78 is 0. The second-order valence-electron chi connectivity index (χ2n) is 8.40. The van der Waals surface area contributed by atoms with Gasteiger partial charge in [0.15, 0.2) is 0 Å². The first-order valence-electron chi connectivity index (χ1n) is 10.7. The fraction of sp³-hybridized carbons (Fsp3) is 0.308. The van der Waals surface area contributed by atoms with Crippen molar-refractivity contribution in [1.82, 2.24) is 15.1 Å². The first kappa shape index (κ1) is 20.9. The molecule has 5 heteroatoms. The summed E-state index contributed by atoms with van der Waals surface area (Å²) in [4.78, 5) is 30.0. The number of rotatable bonds is 6. The molecule has 31 heavy (non-hydrogen) atoms. The molecule has 5 nitrogen and oxygen atoms in total. The minimum atomic E-state index is -0.433. The van der Waals surface area contributed by atoms with Crippen molar-refractivity contribution in [3.8, 4) is 0 Å². The van der Waals surface area contributed by atoms with E-state index in [0.717, 1.165) is 28.8 Å². The fourth-order valence-corrected chi connectivity index (χ4v) is 4.49. The molecule has 2 aromatic carbocycles. The van der Waals surface area contributed by atoms with Crippen LogP contribution in [-0.2, 0) is 11.2 Å². The Bertz CT molecular complexity index is 1070. The van der Waals surface area contributed by atoms with Crippen LogP contribution in [0.15, 0.2) is 66.4 Å². The molecule has 1 N–H and O–H groups in total. The predicted octanol–water partition coefficient (Wildman–Crippen LogP) is 4.20. The van der Waals surface area contributed by atoms with Gasteiger partial charge in [-0.25, -0.2) is 4.79 Å². The monoisotopic (exact) mass is 415 g/mol. The number of nitrogens with zero attached hydrogens (tertiary/aromatic N) is 2. The molecule has 0 radical (unpaired) electrons. The van der Waals surface area contributed by atoms with Crippen LogP contribution in [0.5, 0.6) is 0 Å². The third-order valence-corrected chi connectivity index (χ3v) is 6.31. The Labute approximate surface area is 184 Å². The molecule has 0 fully saturated rings. The van der Waals surface area contributed by atoms with Crippen LogP contribution in [0.2, 0.25) is 0 Å². The molecule has 0 bridgehead atoms. The second-order valence-corrected chi connectivity index (χ2v) is 8.40. The van der Waals surface area contributed by atoms with Gasteiger partial charge in [-0.05, 0) is 55.0 Å². The van der Waals surface area contributed by atoms with E-state index in [1.807, 2.05) is 30.0 Å². The molecule has 160 valence electrons. The number of carbonyl (C=O) groups is 2. The molecule has 0 aromatic heterocycles. The summed E-state index contributed by atoms with van der Waals surface area (Å²) in [5, 5.41) is 3.09. The quantitative estimate of drug-likeness (QED) is 0.719. The van der Waals surface area contributed by atoms with Gasteiger partial charge >= 0.3 is 6.03 Å². The van der Waals surface area contributed by atoms with Gasteiger partial charge in [0.05, 0.1) is 23.9 Å². The van der Waals surface area contributed by atoms with Gasteiger partial charge in [-0.1, -0.05) is 48.5 Å². The number of nitrogens with one attached hydrogen (secondary N) is 1. The van der Waals surface area contributed by atoms with Gasteiger partial charge in [-0.15, -0.1) is 6.58 Å². The molecule has 3 amide bonds. The number of benzene rings is 2. The van der Waals surface area contributed by atoms with Gasteiger partial charge in [0.2, 0.25) is 0 Å². The van der Waals surface area contributed by atoms with Crippen LogP contribution in [0, 0.1) is 20.8 Å². The number of hydrogen-bond donors (Lipinski definition) is 1. The van der Waals surface area contributed by atoms with Crippen LogP contribution in [-0.4, -0.2) is 41.4 Å². The Balaban J connectivity index is 1.69. The lowest BCUT2D eigenvalue weighted by atomic mass is 9.90. The Morgan fingerprint density at radius 3 is 2.48 bits per heavy atom. The second kappa shape index (κ2) is 8.42. The van der Waals surface area contributed by atoms with Crippen molar-refractivity contribution in [3.63, 3.8) is 0 Å². The summed E-state index contributed by atoms with van der Waals surface area (Å²) in [6.07, 6.45) is 2.48. The average Bonchev–Trinajstić information content (AvgIpc) is 3.08. The molecule has 2 aromatic rings. The zero-order valence-electron chi connectivity index (χ0n) is 18.4. The minimum Gasteiger partial charge on any atom is -0.333 e. The molecule has 0 saturated carbocycles. The molecule has 0 saturated heterocycles. The first-order valence-corrected chi connectivity index (χ1v) is 10.7. The molecule has 0 aliphatic carbocycles. The van der Waals surface area contributed by atoms with Crippen molar-refractivity contribution >= 4 is 11.9 Å². The summed E-state index contributed by atoms with van der Waals surface area (Å²) in [5.41, 5.74) is 7.09. The van der Waals surface area contributed by atoms with Gasteiger partial charge in [-0.2, -0.15) is 0 Å². The molecular weight excluding hydrogens is 386 g/mol. The average molecular weight is 416 g/mol. The van der Waals surface area contributed by atoms with E-state index in [4.69, 9.17) is 0 Å². The van der Waals surface area contributed by atoms with E-state index in [-0.39, 0.29) is 11.9 Å². The minimum absolute atomic E-state index is 0.00243. The largest absolute Gasteiger partial charge is 0.333 e. The van der Waals surface area contributed by atoms with Crippen molar-refractivity contribution in [2.75, 3.05) is 19.6 Å². The maximum atomic E-state index is 13.5. The first-order chi connectivity index (χ1) is 14.9. The van der Waals surface area contributed by atoms with E-state index >= 15 is 0 Å². The standard InChI is InChI=1S/C26H29N3O2/c1-5-12-29-22-16-28(13-11-20-9-7-6-8-10-20)25(30)23(22)24(27-26(29)31)21-15-18(3)17(2)14-19(21)4/h5-10,14-15,24H,1,11-13,16H2,2-4H3,(H,27,31). The lowest BCUT2D eigenvalue weighted by Crippen LogP contribution is -2.47. The van der Waals surface area contributed by atoms with Crippen molar-refractivity contribution in [3.05, 3.63) is 94.2 Å². The predicted molar refractivity (Wildman–Crippen MR) is 123 cm³/mol. The van der Waals surface area contributed by atoms with Gasteiger partial charge in [0, 0.05) is 13.1 Å². The summed E-state index contributed by atoms with van der Waals surface area (Å²) in [5.74, 6) is 0.00243. The molecule has 1 atom stereocenters. The maximum Gasteiger partial charge on any atom is 0.322 e. The van der Waals surface area contributed by atoms with Crippen molar-refractivity contribution < 1.29 is 9.59 Å². The number of hydrogen-bond acceptors (Lipinski definition) is 2. The highest BCUT2D eigenvalue weighted by Crippen LogP contribution is 2.38. The lowest BCUT2D eigenvalue weighted by molar-refractivity contribution is -0.125. The van der Waals surface area contributed by atoms with Crippen LogP contribution >= 0.6 is 0 Å². The summed E-state index contributed by atoms with van der Waals surface area (Å²) in [7, 11) is 0. The molecule has 2 heterocycles. The van der Waals surface area contributed by atoms with Crippen molar-refractivity contribution in [2.45, 2.75) is 33.2 Å². The zero-order chi connectivity index (χ0) is 22.1. The van der Waals surface area contributed by atoms with Crippen LogP contribution in [0.3, 0.4) is 0 Å². The van der Waals surface area contributed by atoms with Crippen LogP contribution in [0.25, 0.3) is 0 Å². The van der Waals surface area contributed by atoms with Crippen LogP contribution < -0.4 is 5.32 Å². The van der Waals surface area contributed by atoms with Crippen LogP contribution in [0.1, 0.15) is 33.9 Å². The summed E-state index contributed by atoms with van der Waals surface area (Å²) in [6.45, 7) is 11.4. The number of urea groups is 1. The topological polar surface area (TPSA) is 52.7 Å². The SMILES string of the molecule is C=CCN1C(=O)NC(c2cc(C)c(C)cc2C)C2=C1CN(CCc1ccccc1)C2=O. The van der Waals surface area contributed by atoms with Crippen molar-refractivity contribution in [2.24, 2.45) is 0 Å². The van der Waals surface area contributed by atoms with E-state index < -0.39 is 6.04 Å². The maximum absolute atomic E-state index is 13.5. The molecule has 4 rings (SSSR count). The van der Waals surface area contributed by atoms with E-state index in [9.17, 15) is 9.59 Å². The van der Waals surface area contributed by atoms with Crippen molar-refractivity contribution in [1.29, 1.82) is 0 Å². The Morgan fingerprint density at radius 2 is 1.77 bits per heavy atom. The van der Waals surface area contributed by atoms with E-state index in [2.05, 4.69) is 50.0 Å².